The smallest absolute Gasteiger partial charge is 0.222 e. The number of para-hydroxylation sites is 1. The number of benzene rings is 2. The Balaban J connectivity index is 0.00000225. The number of nitrogens with two attached hydrogens (primary N) is 1. The van der Waals surface area contributed by atoms with Gasteiger partial charge in [0.15, 0.2) is 0 Å². The van der Waals surface area contributed by atoms with Crippen molar-refractivity contribution in [2.75, 3.05) is 18.8 Å². The molecule has 2 aromatic rings. The van der Waals surface area contributed by atoms with E-state index in [9.17, 15) is 9.18 Å². The van der Waals surface area contributed by atoms with Gasteiger partial charge < -0.3 is 10.6 Å². The molecule has 25 heavy (non-hydrogen) atoms. The maximum absolute atomic E-state index is 13.0. The van der Waals surface area contributed by atoms with Gasteiger partial charge in [0.1, 0.15) is 5.82 Å². The summed E-state index contributed by atoms with van der Waals surface area (Å²) >= 11 is 0. The molecule has 134 valence electrons. The summed E-state index contributed by atoms with van der Waals surface area (Å²) < 4.78 is 13.0. The van der Waals surface area contributed by atoms with Gasteiger partial charge in [-0.1, -0.05) is 30.3 Å². The SMILES string of the molecule is Cl.Nc1ccccc1CCC(=O)N1CCC(Cc2ccc(F)cc2)C1. The fraction of sp³-hybridized carbons (Fsp3) is 0.350. The van der Waals surface area contributed by atoms with Gasteiger partial charge in [0.2, 0.25) is 5.91 Å². The predicted octanol–water partition coefficient (Wildman–Crippen LogP) is 3.85. The molecule has 2 aromatic carbocycles. The summed E-state index contributed by atoms with van der Waals surface area (Å²) in [4.78, 5) is 14.4. The van der Waals surface area contributed by atoms with E-state index in [4.69, 9.17) is 5.73 Å². The first kappa shape index (κ1) is 19.3. The molecule has 1 atom stereocenters. The minimum Gasteiger partial charge on any atom is -0.399 e. The second-order valence-corrected chi connectivity index (χ2v) is 6.52. The molecule has 1 heterocycles. The molecule has 0 spiro atoms. The predicted molar refractivity (Wildman–Crippen MR) is 101 cm³/mol. The van der Waals surface area contributed by atoms with E-state index in [2.05, 4.69) is 0 Å². The number of anilines is 1. The Labute approximate surface area is 154 Å². The summed E-state index contributed by atoms with van der Waals surface area (Å²) in [5.74, 6) is 0.447. The van der Waals surface area contributed by atoms with E-state index >= 15 is 0 Å². The summed E-state index contributed by atoms with van der Waals surface area (Å²) in [6.45, 7) is 1.61. The second-order valence-electron chi connectivity index (χ2n) is 6.52. The van der Waals surface area contributed by atoms with Crippen LogP contribution in [0.25, 0.3) is 0 Å². The number of amides is 1. The maximum atomic E-state index is 13.0. The van der Waals surface area contributed by atoms with Crippen molar-refractivity contribution in [1.29, 1.82) is 0 Å². The Morgan fingerprint density at radius 3 is 2.60 bits per heavy atom. The first-order chi connectivity index (χ1) is 11.6. The van der Waals surface area contributed by atoms with Crippen LogP contribution in [0.3, 0.4) is 0 Å². The molecule has 1 saturated heterocycles. The van der Waals surface area contributed by atoms with Crippen LogP contribution in [-0.2, 0) is 17.6 Å². The van der Waals surface area contributed by atoms with Gasteiger partial charge in [-0.3, -0.25) is 4.79 Å². The molecule has 3 nitrogen and oxygen atoms in total. The molecule has 3 rings (SSSR count). The summed E-state index contributed by atoms with van der Waals surface area (Å²) in [7, 11) is 0. The summed E-state index contributed by atoms with van der Waals surface area (Å²) in [5, 5.41) is 0. The zero-order valence-corrected chi connectivity index (χ0v) is 15.0. The van der Waals surface area contributed by atoms with Crippen molar-refractivity contribution >= 4 is 24.0 Å². The molecule has 1 aliphatic heterocycles. The van der Waals surface area contributed by atoms with E-state index < -0.39 is 0 Å². The lowest BCUT2D eigenvalue weighted by Gasteiger charge is -2.17. The van der Waals surface area contributed by atoms with Gasteiger partial charge in [-0.25, -0.2) is 4.39 Å². The molecule has 0 radical (unpaired) electrons. The topological polar surface area (TPSA) is 46.3 Å². The minimum atomic E-state index is -0.206. The van der Waals surface area contributed by atoms with Crippen molar-refractivity contribution in [3.8, 4) is 0 Å². The van der Waals surface area contributed by atoms with Gasteiger partial charge in [0, 0.05) is 25.2 Å². The standard InChI is InChI=1S/C20H23FN2O.ClH/c21-18-8-5-15(6-9-18)13-16-11-12-23(14-16)20(24)10-7-17-3-1-2-4-19(17)22;/h1-6,8-9,16H,7,10-14,22H2;1H. The lowest BCUT2D eigenvalue weighted by molar-refractivity contribution is -0.130. The quantitative estimate of drug-likeness (QED) is 0.821. The molecular weight excluding hydrogens is 339 g/mol. The third-order valence-corrected chi connectivity index (χ3v) is 4.74. The van der Waals surface area contributed by atoms with Crippen molar-refractivity contribution in [2.45, 2.75) is 25.7 Å². The molecule has 1 aliphatic rings. The minimum absolute atomic E-state index is 0. The Bertz CT molecular complexity index is 705. The third kappa shape index (κ3) is 5.20. The van der Waals surface area contributed by atoms with Crippen LogP contribution in [0.1, 0.15) is 24.0 Å². The van der Waals surface area contributed by atoms with E-state index in [0.717, 1.165) is 42.7 Å². The van der Waals surface area contributed by atoms with Crippen LogP contribution in [0.5, 0.6) is 0 Å². The largest absolute Gasteiger partial charge is 0.399 e. The van der Waals surface area contributed by atoms with E-state index in [0.29, 0.717) is 18.8 Å². The van der Waals surface area contributed by atoms with Crippen molar-refractivity contribution in [3.63, 3.8) is 0 Å². The number of halogens is 2. The maximum Gasteiger partial charge on any atom is 0.222 e. The first-order valence-electron chi connectivity index (χ1n) is 8.47. The molecule has 5 heteroatoms. The Morgan fingerprint density at radius 2 is 1.88 bits per heavy atom. The Hall–Kier alpha value is -2.07. The number of hydrogen-bond acceptors (Lipinski definition) is 2. The monoisotopic (exact) mass is 362 g/mol. The normalized spacial score (nSPS) is 16.5. The molecule has 0 aliphatic carbocycles. The molecular formula is C20H24ClFN2O. The number of aryl methyl sites for hydroxylation is 1. The third-order valence-electron chi connectivity index (χ3n) is 4.74. The highest BCUT2D eigenvalue weighted by Gasteiger charge is 2.26. The Morgan fingerprint density at radius 1 is 1.16 bits per heavy atom. The van der Waals surface area contributed by atoms with Crippen LogP contribution in [0.4, 0.5) is 10.1 Å². The van der Waals surface area contributed by atoms with Gasteiger partial charge in [-0.2, -0.15) is 0 Å². The van der Waals surface area contributed by atoms with E-state index in [-0.39, 0.29) is 24.1 Å². The second kappa shape index (κ2) is 8.86. The van der Waals surface area contributed by atoms with Gasteiger partial charge in [-0.15, -0.1) is 12.4 Å². The zero-order valence-electron chi connectivity index (χ0n) is 14.2. The van der Waals surface area contributed by atoms with Crippen LogP contribution < -0.4 is 5.73 Å². The van der Waals surface area contributed by atoms with E-state index in [1.165, 1.54) is 12.1 Å². The molecule has 1 amide bonds. The van der Waals surface area contributed by atoms with Crippen LogP contribution in [-0.4, -0.2) is 23.9 Å². The van der Waals surface area contributed by atoms with Crippen molar-refractivity contribution < 1.29 is 9.18 Å². The lowest BCUT2D eigenvalue weighted by Crippen LogP contribution is -2.29. The van der Waals surface area contributed by atoms with Crippen LogP contribution in [0, 0.1) is 11.7 Å². The number of rotatable bonds is 5. The van der Waals surface area contributed by atoms with Crippen LogP contribution >= 0.6 is 12.4 Å². The van der Waals surface area contributed by atoms with Crippen molar-refractivity contribution in [1.82, 2.24) is 4.90 Å². The Kier molecular flexibility index (Phi) is 6.82. The van der Waals surface area contributed by atoms with Gasteiger partial charge in [-0.05, 0) is 54.5 Å². The fourth-order valence-corrected chi connectivity index (χ4v) is 3.34. The number of hydrogen-bond donors (Lipinski definition) is 1. The molecule has 0 aromatic heterocycles. The number of likely N-dealkylation sites (tertiary alicyclic amines) is 1. The van der Waals surface area contributed by atoms with Crippen LogP contribution in [0.15, 0.2) is 48.5 Å². The van der Waals surface area contributed by atoms with Crippen LogP contribution in [0.2, 0.25) is 0 Å². The summed E-state index contributed by atoms with van der Waals surface area (Å²) in [5.41, 5.74) is 8.85. The molecule has 0 bridgehead atoms. The molecule has 1 unspecified atom stereocenters. The number of nitrogen functional groups attached to an aromatic ring is 1. The molecule has 0 saturated carbocycles. The van der Waals surface area contributed by atoms with Gasteiger partial charge in [0.25, 0.3) is 0 Å². The fourth-order valence-electron chi connectivity index (χ4n) is 3.34. The first-order valence-corrected chi connectivity index (χ1v) is 8.47. The van der Waals surface area contributed by atoms with Gasteiger partial charge >= 0.3 is 0 Å². The zero-order chi connectivity index (χ0) is 16.9. The van der Waals surface area contributed by atoms with Crippen molar-refractivity contribution in [2.24, 2.45) is 5.92 Å². The highest BCUT2D eigenvalue weighted by atomic mass is 35.5. The number of nitrogens with zero attached hydrogens (tertiary/aromatic N) is 1. The molecule has 1 fully saturated rings. The number of carbonyl (C=O) groups excluding carboxylic acids is 1. The lowest BCUT2D eigenvalue weighted by atomic mass is 9.99. The van der Waals surface area contributed by atoms with E-state index in [1.807, 2.05) is 41.3 Å². The van der Waals surface area contributed by atoms with E-state index in [1.54, 1.807) is 0 Å². The van der Waals surface area contributed by atoms with Crippen molar-refractivity contribution in [3.05, 3.63) is 65.5 Å². The average Bonchev–Trinajstić information content (AvgIpc) is 3.05. The van der Waals surface area contributed by atoms with Gasteiger partial charge in [0.05, 0.1) is 0 Å². The molecule has 2 N–H and O–H groups in total. The summed E-state index contributed by atoms with van der Waals surface area (Å²) in [6, 6.07) is 14.4. The number of carbonyl (C=O) groups is 1. The summed E-state index contributed by atoms with van der Waals surface area (Å²) in [6.07, 6.45) is 3.09. The average molecular weight is 363 g/mol. The highest BCUT2D eigenvalue weighted by Crippen LogP contribution is 2.22. The highest BCUT2D eigenvalue weighted by molar-refractivity contribution is 5.85.